The number of aromatic nitrogens is 2. The van der Waals surface area contributed by atoms with Crippen LogP contribution < -0.4 is 10.5 Å². The van der Waals surface area contributed by atoms with Gasteiger partial charge in [-0.15, -0.1) is 0 Å². The molecule has 5 heteroatoms. The molecule has 2 N–H and O–H groups in total. The van der Waals surface area contributed by atoms with E-state index in [-0.39, 0.29) is 0 Å². The first-order valence-corrected chi connectivity index (χ1v) is 6.15. The summed E-state index contributed by atoms with van der Waals surface area (Å²) in [5, 5.41) is 0.684. The van der Waals surface area contributed by atoms with Crippen molar-refractivity contribution in [3.8, 4) is 17.0 Å². The highest BCUT2D eigenvalue weighted by molar-refractivity contribution is 6.30. The second kappa shape index (κ2) is 4.48. The fourth-order valence-electron chi connectivity index (χ4n) is 2.04. The van der Waals surface area contributed by atoms with E-state index in [1.165, 1.54) is 0 Å². The smallest absolute Gasteiger partial charge is 0.181 e. The molecule has 0 atom stereocenters. The van der Waals surface area contributed by atoms with E-state index < -0.39 is 0 Å². The van der Waals surface area contributed by atoms with Crippen LogP contribution in [0, 0.1) is 0 Å². The summed E-state index contributed by atoms with van der Waals surface area (Å²) in [6, 6.07) is 11.2. The number of anilines is 1. The SMILES string of the molecule is COc1cccn2c(N)c(-c3ccc(Cl)cc3)nc12. The molecular formula is C14H12ClN3O. The number of ether oxygens (including phenoxy) is 1. The van der Waals surface area contributed by atoms with Crippen molar-refractivity contribution in [2.45, 2.75) is 0 Å². The number of imidazole rings is 1. The highest BCUT2D eigenvalue weighted by atomic mass is 35.5. The van der Waals surface area contributed by atoms with Crippen LogP contribution in [0.5, 0.6) is 5.75 Å². The van der Waals surface area contributed by atoms with E-state index in [4.69, 9.17) is 22.1 Å². The molecule has 2 heterocycles. The number of hydrogen-bond donors (Lipinski definition) is 1. The summed E-state index contributed by atoms with van der Waals surface area (Å²) in [5.41, 5.74) is 8.49. The van der Waals surface area contributed by atoms with Crippen LogP contribution in [0.15, 0.2) is 42.6 Å². The van der Waals surface area contributed by atoms with E-state index in [1.54, 1.807) is 7.11 Å². The highest BCUT2D eigenvalue weighted by Gasteiger charge is 2.13. The van der Waals surface area contributed by atoms with E-state index in [1.807, 2.05) is 47.0 Å². The first kappa shape index (κ1) is 11.9. The van der Waals surface area contributed by atoms with Crippen molar-refractivity contribution >= 4 is 23.1 Å². The number of nitrogens with two attached hydrogens (primary N) is 1. The molecule has 96 valence electrons. The van der Waals surface area contributed by atoms with E-state index >= 15 is 0 Å². The number of fused-ring (bicyclic) bond motifs is 1. The number of hydrogen-bond acceptors (Lipinski definition) is 3. The molecule has 0 unspecified atom stereocenters. The molecular weight excluding hydrogens is 262 g/mol. The molecule has 0 saturated carbocycles. The molecule has 3 rings (SSSR count). The molecule has 0 fully saturated rings. The van der Waals surface area contributed by atoms with Gasteiger partial charge in [-0.05, 0) is 24.3 Å². The predicted octanol–water partition coefficient (Wildman–Crippen LogP) is 3.25. The van der Waals surface area contributed by atoms with E-state index in [0.717, 1.165) is 11.3 Å². The predicted molar refractivity (Wildman–Crippen MR) is 76.6 cm³/mol. The lowest BCUT2D eigenvalue weighted by molar-refractivity contribution is 0.417. The van der Waals surface area contributed by atoms with E-state index in [9.17, 15) is 0 Å². The average molecular weight is 274 g/mol. The van der Waals surface area contributed by atoms with Crippen molar-refractivity contribution in [3.05, 3.63) is 47.6 Å². The van der Waals surface area contributed by atoms with Crippen LogP contribution in [0.2, 0.25) is 5.02 Å². The molecule has 2 aromatic heterocycles. The number of rotatable bonds is 2. The minimum absolute atomic E-state index is 0.580. The Morgan fingerprint density at radius 1 is 1.21 bits per heavy atom. The van der Waals surface area contributed by atoms with Crippen LogP contribution in [0.4, 0.5) is 5.82 Å². The normalized spacial score (nSPS) is 10.8. The van der Waals surface area contributed by atoms with Crippen molar-refractivity contribution in [1.82, 2.24) is 9.38 Å². The molecule has 0 amide bonds. The summed E-state index contributed by atoms with van der Waals surface area (Å²) in [5.74, 6) is 1.27. The number of nitrogen functional groups attached to an aromatic ring is 1. The topological polar surface area (TPSA) is 52.5 Å². The Hall–Kier alpha value is -2.20. The molecule has 0 bridgehead atoms. The summed E-state index contributed by atoms with van der Waals surface area (Å²) in [6.45, 7) is 0. The van der Waals surface area contributed by atoms with Crippen LogP contribution in [0.25, 0.3) is 16.9 Å². The Labute approximate surface area is 115 Å². The Morgan fingerprint density at radius 2 is 1.95 bits per heavy atom. The van der Waals surface area contributed by atoms with Crippen molar-refractivity contribution < 1.29 is 4.74 Å². The Bertz CT molecular complexity index is 734. The van der Waals surface area contributed by atoms with Crippen molar-refractivity contribution in [3.63, 3.8) is 0 Å². The lowest BCUT2D eigenvalue weighted by Crippen LogP contribution is -1.94. The fraction of sp³-hybridized carbons (Fsp3) is 0.0714. The quantitative estimate of drug-likeness (QED) is 0.780. The average Bonchev–Trinajstić information content (AvgIpc) is 2.77. The minimum Gasteiger partial charge on any atom is -0.493 e. The Kier molecular flexibility index (Phi) is 2.80. The maximum absolute atomic E-state index is 6.14. The summed E-state index contributed by atoms with van der Waals surface area (Å²) in [6.07, 6.45) is 1.86. The Morgan fingerprint density at radius 3 is 2.63 bits per heavy atom. The highest BCUT2D eigenvalue weighted by Crippen LogP contribution is 2.30. The van der Waals surface area contributed by atoms with Crippen LogP contribution in [-0.4, -0.2) is 16.5 Å². The standard InChI is InChI=1S/C14H12ClN3O/c1-19-11-3-2-8-18-13(16)12(17-14(11)18)9-4-6-10(15)7-5-9/h2-8H,16H2,1H3. The van der Waals surface area contributed by atoms with Gasteiger partial charge in [0.05, 0.1) is 7.11 Å². The lowest BCUT2D eigenvalue weighted by Gasteiger charge is -2.01. The molecule has 0 spiro atoms. The number of nitrogens with zero attached hydrogens (tertiary/aromatic N) is 2. The van der Waals surface area contributed by atoms with Gasteiger partial charge in [-0.1, -0.05) is 23.7 Å². The third-order valence-corrected chi connectivity index (χ3v) is 3.24. The van der Waals surface area contributed by atoms with Gasteiger partial charge in [0.15, 0.2) is 11.4 Å². The molecule has 1 aromatic carbocycles. The largest absolute Gasteiger partial charge is 0.493 e. The van der Waals surface area contributed by atoms with Gasteiger partial charge < -0.3 is 10.5 Å². The number of benzene rings is 1. The van der Waals surface area contributed by atoms with Gasteiger partial charge in [0.1, 0.15) is 11.5 Å². The van der Waals surface area contributed by atoms with Gasteiger partial charge in [0.2, 0.25) is 0 Å². The van der Waals surface area contributed by atoms with Gasteiger partial charge in [0, 0.05) is 16.8 Å². The molecule has 4 nitrogen and oxygen atoms in total. The van der Waals surface area contributed by atoms with E-state index in [0.29, 0.717) is 22.2 Å². The zero-order valence-electron chi connectivity index (χ0n) is 10.3. The summed E-state index contributed by atoms with van der Waals surface area (Å²) >= 11 is 5.89. The van der Waals surface area contributed by atoms with Crippen LogP contribution >= 0.6 is 11.6 Å². The van der Waals surface area contributed by atoms with Crippen LogP contribution in [0.1, 0.15) is 0 Å². The number of halogens is 1. The molecule has 0 aliphatic carbocycles. The van der Waals surface area contributed by atoms with E-state index in [2.05, 4.69) is 4.98 Å². The molecule has 0 radical (unpaired) electrons. The van der Waals surface area contributed by atoms with Gasteiger partial charge in [-0.2, -0.15) is 0 Å². The molecule has 0 aliphatic heterocycles. The van der Waals surface area contributed by atoms with Gasteiger partial charge in [0.25, 0.3) is 0 Å². The maximum Gasteiger partial charge on any atom is 0.181 e. The van der Waals surface area contributed by atoms with Crippen molar-refractivity contribution in [2.24, 2.45) is 0 Å². The number of pyridine rings is 1. The molecule has 19 heavy (non-hydrogen) atoms. The first-order valence-electron chi connectivity index (χ1n) is 5.77. The summed E-state index contributed by atoms with van der Waals surface area (Å²) < 4.78 is 7.10. The molecule has 3 aromatic rings. The lowest BCUT2D eigenvalue weighted by atomic mass is 10.1. The molecule has 0 aliphatic rings. The summed E-state index contributed by atoms with van der Waals surface area (Å²) in [4.78, 5) is 4.55. The molecule has 0 saturated heterocycles. The first-order chi connectivity index (χ1) is 9.20. The van der Waals surface area contributed by atoms with Crippen molar-refractivity contribution in [1.29, 1.82) is 0 Å². The fourth-order valence-corrected chi connectivity index (χ4v) is 2.17. The third kappa shape index (κ3) is 1.90. The summed E-state index contributed by atoms with van der Waals surface area (Å²) in [7, 11) is 1.61. The second-order valence-electron chi connectivity index (χ2n) is 4.12. The second-order valence-corrected chi connectivity index (χ2v) is 4.56. The van der Waals surface area contributed by atoms with Gasteiger partial charge in [-0.25, -0.2) is 4.98 Å². The van der Waals surface area contributed by atoms with Gasteiger partial charge in [-0.3, -0.25) is 4.40 Å². The van der Waals surface area contributed by atoms with Crippen LogP contribution in [-0.2, 0) is 0 Å². The zero-order chi connectivity index (χ0) is 13.4. The monoisotopic (exact) mass is 273 g/mol. The minimum atomic E-state index is 0.580. The third-order valence-electron chi connectivity index (χ3n) is 2.99. The maximum atomic E-state index is 6.14. The van der Waals surface area contributed by atoms with Gasteiger partial charge >= 0.3 is 0 Å². The zero-order valence-corrected chi connectivity index (χ0v) is 11.1. The Balaban J connectivity index is 2.25. The number of methoxy groups -OCH3 is 1. The van der Waals surface area contributed by atoms with Crippen LogP contribution in [0.3, 0.4) is 0 Å². The van der Waals surface area contributed by atoms with Crippen molar-refractivity contribution in [2.75, 3.05) is 12.8 Å².